The predicted molar refractivity (Wildman–Crippen MR) is 256 cm³/mol. The molecule has 0 aliphatic heterocycles. The Balaban J connectivity index is 4.45. The molecule has 0 N–H and O–H groups in total. The fraction of sp³-hybridized carbons (Fsp3) is 0.759. The minimum atomic E-state index is -0.796. The van der Waals surface area contributed by atoms with Gasteiger partial charge in [-0.3, -0.25) is 14.4 Å². The monoisotopic (exact) mass is 839 g/mol. The first-order chi connectivity index (χ1) is 29.5. The van der Waals surface area contributed by atoms with Gasteiger partial charge < -0.3 is 14.2 Å². The molecule has 0 bridgehead atoms. The summed E-state index contributed by atoms with van der Waals surface area (Å²) >= 11 is 0. The molecule has 0 saturated carbocycles. The van der Waals surface area contributed by atoms with Crippen LogP contribution in [0.15, 0.2) is 60.8 Å². The highest BCUT2D eigenvalue weighted by Gasteiger charge is 2.19. The Morgan fingerprint density at radius 2 is 0.650 bits per heavy atom. The lowest BCUT2D eigenvalue weighted by Gasteiger charge is -2.18. The average Bonchev–Trinajstić information content (AvgIpc) is 3.24. The van der Waals surface area contributed by atoms with Crippen LogP contribution < -0.4 is 0 Å². The van der Waals surface area contributed by atoms with Crippen LogP contribution in [0.2, 0.25) is 0 Å². The van der Waals surface area contributed by atoms with Crippen molar-refractivity contribution in [2.75, 3.05) is 13.2 Å². The van der Waals surface area contributed by atoms with Crippen molar-refractivity contribution >= 4 is 17.9 Å². The minimum Gasteiger partial charge on any atom is -0.462 e. The summed E-state index contributed by atoms with van der Waals surface area (Å²) in [5, 5.41) is 0. The second kappa shape index (κ2) is 48.8. The normalized spacial score (nSPS) is 12.5. The molecule has 0 aromatic heterocycles. The molecule has 0 saturated heterocycles. The summed E-state index contributed by atoms with van der Waals surface area (Å²) in [4.78, 5) is 37.9. The number of hydrogen-bond donors (Lipinski definition) is 0. The van der Waals surface area contributed by atoms with Crippen molar-refractivity contribution in [2.24, 2.45) is 0 Å². The van der Waals surface area contributed by atoms with Crippen LogP contribution in [0, 0.1) is 0 Å². The van der Waals surface area contributed by atoms with Crippen LogP contribution in [0.4, 0.5) is 0 Å². The fourth-order valence-electron chi connectivity index (χ4n) is 6.96. The number of carbonyl (C=O) groups is 3. The molecule has 0 unspecified atom stereocenters. The Morgan fingerprint density at radius 1 is 0.350 bits per heavy atom. The lowest BCUT2D eigenvalue weighted by Crippen LogP contribution is -2.30. The van der Waals surface area contributed by atoms with E-state index in [0.717, 1.165) is 83.5 Å². The van der Waals surface area contributed by atoms with Crippen LogP contribution in [0.3, 0.4) is 0 Å². The van der Waals surface area contributed by atoms with E-state index >= 15 is 0 Å². The van der Waals surface area contributed by atoms with E-state index in [9.17, 15) is 14.4 Å². The van der Waals surface area contributed by atoms with Crippen LogP contribution in [0.25, 0.3) is 0 Å². The summed E-state index contributed by atoms with van der Waals surface area (Å²) in [6, 6.07) is 0. The SMILES string of the molecule is CC/C=C\C/C=C\C/C=C\C/C=C\CCCCC(=O)O[C@H](COC(=O)CCCCCCC/C=C\CCCCCCCC)COC(=O)CCCCCCCCCCCCCC. The van der Waals surface area contributed by atoms with E-state index in [1.54, 1.807) is 0 Å². The Kier molecular flexibility index (Phi) is 46.4. The first kappa shape index (κ1) is 57.1. The zero-order valence-electron chi connectivity index (χ0n) is 39.5. The van der Waals surface area contributed by atoms with E-state index in [1.165, 1.54) is 116 Å². The highest BCUT2D eigenvalue weighted by atomic mass is 16.6. The van der Waals surface area contributed by atoms with Gasteiger partial charge >= 0.3 is 17.9 Å². The van der Waals surface area contributed by atoms with Crippen LogP contribution >= 0.6 is 0 Å². The molecule has 0 aromatic rings. The number of allylic oxidation sites excluding steroid dienone is 10. The average molecular weight is 839 g/mol. The van der Waals surface area contributed by atoms with E-state index < -0.39 is 6.10 Å². The Morgan fingerprint density at radius 3 is 1.07 bits per heavy atom. The van der Waals surface area contributed by atoms with Gasteiger partial charge in [0.2, 0.25) is 0 Å². The molecule has 6 nitrogen and oxygen atoms in total. The van der Waals surface area contributed by atoms with Gasteiger partial charge in [-0.1, -0.05) is 204 Å². The van der Waals surface area contributed by atoms with E-state index in [0.29, 0.717) is 19.3 Å². The molecule has 0 aliphatic carbocycles. The second-order valence-corrected chi connectivity index (χ2v) is 16.7. The van der Waals surface area contributed by atoms with Crippen LogP contribution in [-0.4, -0.2) is 37.2 Å². The third kappa shape index (κ3) is 46.2. The summed E-state index contributed by atoms with van der Waals surface area (Å²) in [5.74, 6) is -0.939. The van der Waals surface area contributed by atoms with Crippen molar-refractivity contribution < 1.29 is 28.6 Å². The standard InChI is InChI=1S/C54H94O6/c1-4-7-10-13-16-19-22-25-27-29-32-35-38-41-44-47-53(56)59-50-51(49-58-52(55)46-43-40-37-34-31-24-21-18-15-12-9-6-3)60-54(57)48-45-42-39-36-33-30-28-26-23-20-17-14-11-8-5-2/h8,11,17,20,25-28,33,36,51H,4-7,9-10,12-16,18-19,21-24,29-32,34-35,37-50H2,1-3H3/b11-8-,20-17-,27-25-,28-26-,36-33-/t51-/m0/s1. The summed E-state index contributed by atoms with van der Waals surface area (Å²) in [6.45, 7) is 6.48. The van der Waals surface area contributed by atoms with Gasteiger partial charge in [0, 0.05) is 19.3 Å². The lowest BCUT2D eigenvalue weighted by molar-refractivity contribution is -0.167. The van der Waals surface area contributed by atoms with E-state index in [2.05, 4.69) is 81.5 Å². The number of rotatable bonds is 45. The maximum Gasteiger partial charge on any atom is 0.306 e. The van der Waals surface area contributed by atoms with Gasteiger partial charge in [0.05, 0.1) is 0 Å². The smallest absolute Gasteiger partial charge is 0.306 e. The van der Waals surface area contributed by atoms with Gasteiger partial charge in [-0.25, -0.2) is 0 Å². The lowest BCUT2D eigenvalue weighted by atomic mass is 10.0. The number of hydrogen-bond acceptors (Lipinski definition) is 6. The van der Waals surface area contributed by atoms with Crippen molar-refractivity contribution in [3.63, 3.8) is 0 Å². The maximum atomic E-state index is 12.8. The van der Waals surface area contributed by atoms with E-state index in [4.69, 9.17) is 14.2 Å². The Hall–Kier alpha value is -2.89. The Labute approximate surface area is 370 Å². The third-order valence-corrected chi connectivity index (χ3v) is 10.8. The third-order valence-electron chi connectivity index (χ3n) is 10.8. The van der Waals surface area contributed by atoms with Crippen LogP contribution in [0.1, 0.15) is 245 Å². The van der Waals surface area contributed by atoms with Gasteiger partial charge in [0.15, 0.2) is 6.10 Å². The van der Waals surface area contributed by atoms with Gasteiger partial charge in [-0.05, 0) is 83.5 Å². The zero-order chi connectivity index (χ0) is 43.7. The quantitative estimate of drug-likeness (QED) is 0.0263. The van der Waals surface area contributed by atoms with Crippen molar-refractivity contribution in [3.8, 4) is 0 Å². The van der Waals surface area contributed by atoms with Crippen molar-refractivity contribution in [1.29, 1.82) is 0 Å². The molecule has 0 aliphatic rings. The molecule has 60 heavy (non-hydrogen) atoms. The number of unbranched alkanes of at least 4 members (excludes halogenated alkanes) is 24. The maximum absolute atomic E-state index is 12.8. The van der Waals surface area contributed by atoms with Gasteiger partial charge in [-0.15, -0.1) is 0 Å². The first-order valence-corrected chi connectivity index (χ1v) is 25.3. The minimum absolute atomic E-state index is 0.0918. The van der Waals surface area contributed by atoms with Crippen LogP contribution in [-0.2, 0) is 28.6 Å². The van der Waals surface area contributed by atoms with E-state index in [-0.39, 0.29) is 37.5 Å². The number of esters is 3. The molecule has 0 spiro atoms. The molecule has 346 valence electrons. The fourth-order valence-corrected chi connectivity index (χ4v) is 6.96. The van der Waals surface area contributed by atoms with Gasteiger partial charge in [0.1, 0.15) is 13.2 Å². The van der Waals surface area contributed by atoms with Crippen molar-refractivity contribution in [3.05, 3.63) is 60.8 Å². The number of carbonyl (C=O) groups excluding carboxylic acids is 3. The molecular weight excluding hydrogens is 745 g/mol. The molecular formula is C54H94O6. The topological polar surface area (TPSA) is 78.9 Å². The van der Waals surface area contributed by atoms with Gasteiger partial charge in [-0.2, -0.15) is 0 Å². The first-order valence-electron chi connectivity index (χ1n) is 25.3. The molecule has 6 heteroatoms. The van der Waals surface area contributed by atoms with E-state index in [1.807, 2.05) is 0 Å². The van der Waals surface area contributed by atoms with Crippen molar-refractivity contribution in [2.45, 2.75) is 252 Å². The zero-order valence-corrected chi connectivity index (χ0v) is 39.5. The Bertz CT molecular complexity index is 1100. The van der Waals surface area contributed by atoms with Crippen LogP contribution in [0.5, 0.6) is 0 Å². The molecule has 0 aromatic carbocycles. The number of ether oxygens (including phenoxy) is 3. The molecule has 0 fully saturated rings. The van der Waals surface area contributed by atoms with Gasteiger partial charge in [0.25, 0.3) is 0 Å². The molecule has 0 amide bonds. The van der Waals surface area contributed by atoms with Crippen molar-refractivity contribution in [1.82, 2.24) is 0 Å². The molecule has 1 atom stereocenters. The highest BCUT2D eigenvalue weighted by molar-refractivity contribution is 5.71. The summed E-state index contributed by atoms with van der Waals surface area (Å²) in [6.07, 6.45) is 59.2. The summed E-state index contributed by atoms with van der Waals surface area (Å²) in [5.41, 5.74) is 0. The molecule has 0 radical (unpaired) electrons. The summed E-state index contributed by atoms with van der Waals surface area (Å²) < 4.78 is 16.7. The highest BCUT2D eigenvalue weighted by Crippen LogP contribution is 2.14. The second-order valence-electron chi connectivity index (χ2n) is 16.7. The molecule has 0 rings (SSSR count). The largest absolute Gasteiger partial charge is 0.462 e. The summed E-state index contributed by atoms with van der Waals surface area (Å²) in [7, 11) is 0. The predicted octanol–water partition coefficient (Wildman–Crippen LogP) is 16.5. The molecule has 0 heterocycles.